The van der Waals surface area contributed by atoms with Crippen molar-refractivity contribution in [2.75, 3.05) is 63.0 Å². The van der Waals surface area contributed by atoms with Crippen LogP contribution in [-0.2, 0) is 38.1 Å². The Labute approximate surface area is 254 Å². The van der Waals surface area contributed by atoms with Crippen LogP contribution in [0.2, 0.25) is 0 Å². The summed E-state index contributed by atoms with van der Waals surface area (Å²) in [6.07, 6.45) is -0.228. The van der Waals surface area contributed by atoms with Crippen molar-refractivity contribution in [3.8, 4) is 28.7 Å². The zero-order valence-electron chi connectivity index (χ0n) is 25.6. The molecule has 2 aromatic carbocycles. The summed E-state index contributed by atoms with van der Waals surface area (Å²) in [7, 11) is 8.94. The van der Waals surface area contributed by atoms with Gasteiger partial charge in [-0.25, -0.2) is 0 Å². The molecule has 0 N–H and O–H groups in total. The van der Waals surface area contributed by atoms with E-state index in [1.807, 2.05) is 0 Å². The minimum Gasteiger partial charge on any atom is -0.493 e. The van der Waals surface area contributed by atoms with Gasteiger partial charge in [-0.1, -0.05) is 6.07 Å². The molecule has 4 rings (SSSR count). The fraction of sp³-hybridized carbons (Fsp3) is 0.484. The summed E-state index contributed by atoms with van der Waals surface area (Å²) in [6, 6.07) is 7.03. The first-order valence-corrected chi connectivity index (χ1v) is 13.7. The number of benzene rings is 2. The second kappa shape index (κ2) is 13.7. The number of methoxy groups -OCH3 is 7. The molecule has 44 heavy (non-hydrogen) atoms. The third-order valence-electron chi connectivity index (χ3n) is 8.14. The molecule has 0 bridgehead atoms. The van der Waals surface area contributed by atoms with Gasteiger partial charge in [-0.3, -0.25) is 19.2 Å². The maximum atomic E-state index is 13.4. The molecule has 2 aliphatic rings. The normalized spacial score (nSPS) is 18.2. The SMILES string of the molecule is COC(=O)C(C[C@@H]1c2c(cc(OC)c(OC)c2OC)[C@@H](c2ccc3c(c2)OCCO3)[C@@H]1C(C(=O)OC)C(=O)OC)C(=O)OC. The Kier molecular flexibility index (Phi) is 10.1. The average Bonchev–Trinajstić information content (AvgIpc) is 3.37. The molecule has 13 heteroatoms. The molecule has 238 valence electrons. The molecule has 1 aliphatic heterocycles. The Balaban J connectivity index is 2.10. The largest absolute Gasteiger partial charge is 0.493 e. The number of hydrogen-bond donors (Lipinski definition) is 0. The lowest BCUT2D eigenvalue weighted by Gasteiger charge is -2.32. The highest BCUT2D eigenvalue weighted by Gasteiger charge is 2.55. The summed E-state index contributed by atoms with van der Waals surface area (Å²) in [6.45, 7) is 0.711. The predicted molar refractivity (Wildman–Crippen MR) is 151 cm³/mol. The Hall–Kier alpha value is -4.68. The maximum absolute atomic E-state index is 13.4. The fourth-order valence-electron chi connectivity index (χ4n) is 6.32. The summed E-state index contributed by atoms with van der Waals surface area (Å²) in [5.41, 5.74) is 1.73. The first kappa shape index (κ1) is 32.2. The van der Waals surface area contributed by atoms with Gasteiger partial charge in [-0.05, 0) is 41.7 Å². The molecule has 3 atom stereocenters. The number of carbonyl (C=O) groups excluding carboxylic acids is 4. The van der Waals surface area contributed by atoms with Crippen molar-refractivity contribution in [1.82, 2.24) is 0 Å². The third kappa shape index (κ3) is 5.65. The number of hydrogen-bond acceptors (Lipinski definition) is 13. The second-order valence-corrected chi connectivity index (χ2v) is 10.1. The monoisotopic (exact) mass is 616 g/mol. The summed E-state index contributed by atoms with van der Waals surface area (Å²) >= 11 is 0. The van der Waals surface area contributed by atoms with Crippen molar-refractivity contribution in [3.05, 3.63) is 41.0 Å². The van der Waals surface area contributed by atoms with Gasteiger partial charge in [-0.15, -0.1) is 0 Å². The molecule has 13 nitrogen and oxygen atoms in total. The van der Waals surface area contributed by atoms with Crippen molar-refractivity contribution in [2.24, 2.45) is 17.8 Å². The lowest BCUT2D eigenvalue weighted by atomic mass is 9.71. The number of rotatable bonds is 11. The Morgan fingerprint density at radius 3 is 1.82 bits per heavy atom. The topological polar surface area (TPSA) is 151 Å². The van der Waals surface area contributed by atoms with Gasteiger partial charge < -0.3 is 42.6 Å². The van der Waals surface area contributed by atoms with Gasteiger partial charge in [0.25, 0.3) is 0 Å². The molecule has 0 saturated heterocycles. The first-order chi connectivity index (χ1) is 21.2. The zero-order valence-corrected chi connectivity index (χ0v) is 25.6. The highest BCUT2D eigenvalue weighted by atomic mass is 16.6. The van der Waals surface area contributed by atoms with E-state index >= 15 is 0 Å². The van der Waals surface area contributed by atoms with Gasteiger partial charge >= 0.3 is 23.9 Å². The number of ether oxygens (including phenoxy) is 9. The van der Waals surface area contributed by atoms with Crippen molar-refractivity contribution >= 4 is 23.9 Å². The molecular formula is C31H36O13. The van der Waals surface area contributed by atoms with Crippen LogP contribution in [0.3, 0.4) is 0 Å². The summed E-state index contributed by atoms with van der Waals surface area (Å²) in [5.74, 6) is -7.17. The minimum absolute atomic E-state index is 0.228. The number of esters is 4. The van der Waals surface area contributed by atoms with Crippen LogP contribution in [0.4, 0.5) is 0 Å². The molecule has 2 aromatic rings. The van der Waals surface area contributed by atoms with E-state index in [1.165, 1.54) is 21.3 Å². The summed E-state index contributed by atoms with van der Waals surface area (Å²) < 4.78 is 48.9. The van der Waals surface area contributed by atoms with E-state index in [1.54, 1.807) is 24.3 Å². The van der Waals surface area contributed by atoms with E-state index in [0.717, 1.165) is 28.4 Å². The molecule has 0 spiro atoms. The van der Waals surface area contributed by atoms with Crippen LogP contribution in [0, 0.1) is 17.8 Å². The van der Waals surface area contributed by atoms with E-state index in [0.29, 0.717) is 47.2 Å². The van der Waals surface area contributed by atoms with Crippen LogP contribution in [-0.4, -0.2) is 86.9 Å². The summed E-state index contributed by atoms with van der Waals surface area (Å²) in [5, 5.41) is 0. The molecule has 0 aromatic heterocycles. The van der Waals surface area contributed by atoms with Crippen LogP contribution in [0.25, 0.3) is 0 Å². The van der Waals surface area contributed by atoms with E-state index in [9.17, 15) is 19.2 Å². The first-order valence-electron chi connectivity index (χ1n) is 13.7. The molecule has 0 radical (unpaired) electrons. The van der Waals surface area contributed by atoms with E-state index in [4.69, 9.17) is 42.6 Å². The van der Waals surface area contributed by atoms with Gasteiger partial charge in [-0.2, -0.15) is 0 Å². The van der Waals surface area contributed by atoms with Gasteiger partial charge in [0.15, 0.2) is 34.8 Å². The minimum atomic E-state index is -1.50. The lowest BCUT2D eigenvalue weighted by molar-refractivity contribution is -0.162. The Morgan fingerprint density at radius 2 is 1.30 bits per heavy atom. The van der Waals surface area contributed by atoms with Crippen LogP contribution >= 0.6 is 0 Å². The molecule has 0 fully saturated rings. The van der Waals surface area contributed by atoms with Crippen molar-refractivity contribution in [2.45, 2.75) is 18.3 Å². The lowest BCUT2D eigenvalue weighted by Crippen LogP contribution is -2.39. The highest BCUT2D eigenvalue weighted by Crippen LogP contribution is 2.61. The van der Waals surface area contributed by atoms with Crippen molar-refractivity contribution < 1.29 is 61.8 Å². The molecule has 0 unspecified atom stereocenters. The molecular weight excluding hydrogens is 580 g/mol. The average molecular weight is 617 g/mol. The number of carbonyl (C=O) groups is 4. The van der Waals surface area contributed by atoms with Crippen molar-refractivity contribution in [1.29, 1.82) is 0 Å². The van der Waals surface area contributed by atoms with E-state index in [-0.39, 0.29) is 17.9 Å². The van der Waals surface area contributed by atoms with E-state index < -0.39 is 53.5 Å². The molecule has 0 amide bonds. The molecule has 1 aliphatic carbocycles. The second-order valence-electron chi connectivity index (χ2n) is 10.1. The van der Waals surface area contributed by atoms with Gasteiger partial charge in [0, 0.05) is 17.4 Å². The Morgan fingerprint density at radius 1 is 0.727 bits per heavy atom. The molecule has 0 saturated carbocycles. The van der Waals surface area contributed by atoms with Crippen LogP contribution in [0.15, 0.2) is 24.3 Å². The van der Waals surface area contributed by atoms with Crippen LogP contribution < -0.4 is 23.7 Å². The predicted octanol–water partition coefficient (Wildman–Crippen LogP) is 2.64. The Bertz CT molecular complexity index is 1390. The smallest absolute Gasteiger partial charge is 0.320 e. The van der Waals surface area contributed by atoms with E-state index in [2.05, 4.69) is 0 Å². The van der Waals surface area contributed by atoms with Crippen molar-refractivity contribution in [3.63, 3.8) is 0 Å². The third-order valence-corrected chi connectivity index (χ3v) is 8.14. The van der Waals surface area contributed by atoms with Gasteiger partial charge in [0.2, 0.25) is 5.75 Å². The molecule has 1 heterocycles. The highest BCUT2D eigenvalue weighted by molar-refractivity contribution is 5.97. The van der Waals surface area contributed by atoms with Gasteiger partial charge in [0.1, 0.15) is 13.2 Å². The van der Waals surface area contributed by atoms with Gasteiger partial charge in [0.05, 0.1) is 49.8 Å². The van der Waals surface area contributed by atoms with Crippen LogP contribution in [0.1, 0.15) is 34.9 Å². The zero-order chi connectivity index (χ0) is 32.1. The summed E-state index contributed by atoms with van der Waals surface area (Å²) in [4.78, 5) is 52.8. The maximum Gasteiger partial charge on any atom is 0.320 e. The fourth-order valence-corrected chi connectivity index (χ4v) is 6.32. The standard InChI is InChI=1S/C31H36O13/c1-36-21-14-17-22(15-8-9-19-20(12-15)44-11-10-43-19)24(25(30(34)41-6)31(35)42-7)16(23(17)27(38-3)26(21)37-2)13-18(28(32)39-4)29(33)40-5/h8-9,12,14,16,18,22,24-25H,10-11,13H2,1-7H3/t16-,22-,24-/m1/s1. The number of fused-ring (bicyclic) bond motifs is 2. The quantitative estimate of drug-likeness (QED) is 0.207. The van der Waals surface area contributed by atoms with Crippen LogP contribution in [0.5, 0.6) is 28.7 Å².